The van der Waals surface area contributed by atoms with Gasteiger partial charge < -0.3 is 9.84 Å². The highest BCUT2D eigenvalue weighted by Gasteiger charge is 2.31. The summed E-state index contributed by atoms with van der Waals surface area (Å²) in [6, 6.07) is 16.6. The molecule has 3 aromatic carbocycles. The van der Waals surface area contributed by atoms with E-state index in [1.807, 2.05) is 31.2 Å². The summed E-state index contributed by atoms with van der Waals surface area (Å²) >= 11 is 1.70. The van der Waals surface area contributed by atoms with E-state index in [0.717, 1.165) is 51.9 Å². The van der Waals surface area contributed by atoms with Gasteiger partial charge in [-0.25, -0.2) is 9.48 Å². The molecule has 1 atom stereocenters. The zero-order chi connectivity index (χ0) is 27.7. The third-order valence-electron chi connectivity index (χ3n) is 6.29. The molecule has 0 saturated carbocycles. The van der Waals surface area contributed by atoms with E-state index in [4.69, 9.17) is 4.74 Å². The molecule has 4 rings (SSSR count). The number of hydrogen-bond donors (Lipinski definition) is 1. The number of hydrogen-bond acceptors (Lipinski definition) is 4. The van der Waals surface area contributed by atoms with Gasteiger partial charge in [0, 0.05) is 15.5 Å². The van der Waals surface area contributed by atoms with Crippen molar-refractivity contribution in [2.75, 3.05) is 0 Å². The maximum atomic E-state index is 13.0. The number of aliphatic carboxylic acids is 1. The van der Waals surface area contributed by atoms with E-state index >= 15 is 0 Å². The SMILES string of the molecule is CCCC(Sc1ccc(OC(C)(C)C(=O)O)c(C)c1)c1cccc2c1cnn2-c1ccc(C(F)(F)F)cc1. The van der Waals surface area contributed by atoms with E-state index < -0.39 is 23.3 Å². The van der Waals surface area contributed by atoms with Crippen LogP contribution in [-0.2, 0) is 11.0 Å². The number of carboxylic acids is 1. The molecule has 0 bridgehead atoms. The van der Waals surface area contributed by atoms with Crippen LogP contribution in [0.25, 0.3) is 16.6 Å². The summed E-state index contributed by atoms with van der Waals surface area (Å²) in [4.78, 5) is 12.5. The van der Waals surface area contributed by atoms with Crippen LogP contribution in [0.4, 0.5) is 13.2 Å². The highest BCUT2D eigenvalue weighted by Crippen LogP contribution is 2.43. The zero-order valence-corrected chi connectivity index (χ0v) is 22.4. The minimum absolute atomic E-state index is 0.107. The fourth-order valence-electron chi connectivity index (χ4n) is 4.18. The third-order valence-corrected chi connectivity index (χ3v) is 7.59. The zero-order valence-electron chi connectivity index (χ0n) is 21.5. The molecule has 1 heterocycles. The summed E-state index contributed by atoms with van der Waals surface area (Å²) in [7, 11) is 0. The summed E-state index contributed by atoms with van der Waals surface area (Å²) in [6.45, 7) is 7.04. The lowest BCUT2D eigenvalue weighted by molar-refractivity contribution is -0.152. The number of aromatic nitrogens is 2. The standard InChI is InChI=1S/C29H29F3N2O3S/c1-5-7-26(38-21-14-15-25(18(2)16-21)37-28(3,4)27(35)36)22-8-6-9-24-23(22)17-33-34(24)20-12-10-19(11-13-20)29(30,31)32/h6,8-17,26H,5,7H2,1-4H3,(H,35,36). The maximum absolute atomic E-state index is 13.0. The topological polar surface area (TPSA) is 64.3 Å². The molecule has 4 aromatic rings. The summed E-state index contributed by atoms with van der Waals surface area (Å²) in [5.41, 5.74) is 1.27. The van der Waals surface area contributed by atoms with Crippen molar-refractivity contribution in [3.05, 3.63) is 83.6 Å². The van der Waals surface area contributed by atoms with Crippen molar-refractivity contribution in [3.8, 4) is 11.4 Å². The fraction of sp³-hybridized carbons (Fsp3) is 0.310. The Kier molecular flexibility index (Phi) is 7.78. The van der Waals surface area contributed by atoms with Crippen molar-refractivity contribution in [1.29, 1.82) is 0 Å². The van der Waals surface area contributed by atoms with Gasteiger partial charge in [0.1, 0.15) is 5.75 Å². The molecule has 1 N–H and O–H groups in total. The van der Waals surface area contributed by atoms with E-state index in [1.54, 1.807) is 28.7 Å². The normalized spacial score (nSPS) is 13.0. The second kappa shape index (κ2) is 10.7. The molecule has 9 heteroatoms. The van der Waals surface area contributed by atoms with Gasteiger partial charge in [0.05, 0.1) is 23.0 Å². The van der Waals surface area contributed by atoms with Crippen molar-refractivity contribution in [2.24, 2.45) is 0 Å². The Morgan fingerprint density at radius 1 is 1.11 bits per heavy atom. The van der Waals surface area contributed by atoms with Gasteiger partial charge in [0.25, 0.3) is 0 Å². The first-order chi connectivity index (χ1) is 17.9. The Morgan fingerprint density at radius 2 is 1.82 bits per heavy atom. The quantitative estimate of drug-likeness (QED) is 0.216. The first-order valence-electron chi connectivity index (χ1n) is 12.2. The summed E-state index contributed by atoms with van der Waals surface area (Å²) < 4.78 is 46.4. The van der Waals surface area contributed by atoms with Gasteiger partial charge in [-0.15, -0.1) is 11.8 Å². The Bertz CT molecular complexity index is 1450. The van der Waals surface area contributed by atoms with E-state index in [2.05, 4.69) is 18.1 Å². The second-order valence-corrected chi connectivity index (χ2v) is 10.9. The minimum Gasteiger partial charge on any atom is -0.478 e. The molecule has 0 aliphatic rings. The molecule has 0 fully saturated rings. The van der Waals surface area contributed by atoms with Crippen LogP contribution in [0.15, 0.2) is 71.8 Å². The first kappa shape index (κ1) is 27.6. The van der Waals surface area contributed by atoms with Crippen LogP contribution in [0.1, 0.15) is 55.6 Å². The smallest absolute Gasteiger partial charge is 0.416 e. The monoisotopic (exact) mass is 542 g/mol. The van der Waals surface area contributed by atoms with Crippen LogP contribution in [-0.4, -0.2) is 26.5 Å². The number of ether oxygens (including phenoxy) is 1. The van der Waals surface area contributed by atoms with Gasteiger partial charge >= 0.3 is 12.1 Å². The summed E-state index contributed by atoms with van der Waals surface area (Å²) in [5.74, 6) is -0.517. The van der Waals surface area contributed by atoms with Crippen LogP contribution < -0.4 is 4.74 Å². The number of benzene rings is 3. The molecule has 0 spiro atoms. The van der Waals surface area contributed by atoms with E-state index in [9.17, 15) is 23.1 Å². The van der Waals surface area contributed by atoms with Gasteiger partial charge in [-0.05, 0) is 86.8 Å². The average Bonchev–Trinajstić information content (AvgIpc) is 3.29. The number of nitrogens with zero attached hydrogens (tertiary/aromatic N) is 2. The lowest BCUT2D eigenvalue weighted by Gasteiger charge is -2.23. The van der Waals surface area contributed by atoms with Gasteiger partial charge in [-0.1, -0.05) is 25.5 Å². The van der Waals surface area contributed by atoms with E-state index in [1.165, 1.54) is 26.0 Å². The molecule has 38 heavy (non-hydrogen) atoms. The van der Waals surface area contributed by atoms with Gasteiger partial charge in [-0.2, -0.15) is 18.3 Å². The maximum Gasteiger partial charge on any atom is 0.416 e. The number of thioether (sulfide) groups is 1. The highest BCUT2D eigenvalue weighted by atomic mass is 32.2. The number of aryl methyl sites for hydroxylation is 1. The number of alkyl halides is 3. The Morgan fingerprint density at radius 3 is 2.42 bits per heavy atom. The van der Waals surface area contributed by atoms with Crippen molar-refractivity contribution in [1.82, 2.24) is 9.78 Å². The van der Waals surface area contributed by atoms with Crippen molar-refractivity contribution in [3.63, 3.8) is 0 Å². The number of fused-ring (bicyclic) bond motifs is 1. The number of carbonyl (C=O) groups is 1. The molecule has 0 radical (unpaired) electrons. The molecule has 0 saturated heterocycles. The molecule has 0 amide bonds. The number of halogens is 3. The molecule has 1 aromatic heterocycles. The second-order valence-electron chi connectivity index (χ2n) is 9.62. The molecule has 200 valence electrons. The number of carboxylic acid groups (broad SMARTS) is 1. The van der Waals surface area contributed by atoms with Crippen LogP contribution >= 0.6 is 11.8 Å². The predicted octanol–water partition coefficient (Wildman–Crippen LogP) is 8.23. The lowest BCUT2D eigenvalue weighted by atomic mass is 10.0. The predicted molar refractivity (Wildman–Crippen MR) is 143 cm³/mol. The lowest BCUT2D eigenvalue weighted by Crippen LogP contribution is -2.38. The minimum atomic E-state index is -4.39. The van der Waals surface area contributed by atoms with Gasteiger partial charge in [-0.3, -0.25) is 0 Å². The Labute approximate surface area is 223 Å². The number of rotatable bonds is 9. The molecule has 0 aliphatic carbocycles. The van der Waals surface area contributed by atoms with Crippen molar-refractivity contribution in [2.45, 2.75) is 62.5 Å². The van der Waals surface area contributed by atoms with Crippen LogP contribution in [0, 0.1) is 6.92 Å². The molecule has 0 aliphatic heterocycles. The van der Waals surface area contributed by atoms with E-state index in [0.29, 0.717) is 11.4 Å². The van der Waals surface area contributed by atoms with Crippen molar-refractivity contribution < 1.29 is 27.8 Å². The molecule has 1 unspecified atom stereocenters. The summed E-state index contributed by atoms with van der Waals surface area (Å²) in [6.07, 6.45) is -0.772. The Balaban J connectivity index is 1.64. The summed E-state index contributed by atoms with van der Waals surface area (Å²) in [5, 5.41) is 14.9. The van der Waals surface area contributed by atoms with Gasteiger partial charge in [0.2, 0.25) is 0 Å². The van der Waals surface area contributed by atoms with Crippen LogP contribution in [0.3, 0.4) is 0 Å². The van der Waals surface area contributed by atoms with Gasteiger partial charge in [0.15, 0.2) is 5.60 Å². The van der Waals surface area contributed by atoms with Crippen LogP contribution in [0.2, 0.25) is 0 Å². The highest BCUT2D eigenvalue weighted by molar-refractivity contribution is 7.99. The largest absolute Gasteiger partial charge is 0.478 e. The van der Waals surface area contributed by atoms with E-state index in [-0.39, 0.29) is 5.25 Å². The third kappa shape index (κ3) is 5.83. The average molecular weight is 543 g/mol. The Hall–Kier alpha value is -3.46. The molecular formula is C29H29F3N2O3S. The molecular weight excluding hydrogens is 513 g/mol. The van der Waals surface area contributed by atoms with Crippen molar-refractivity contribution >= 4 is 28.6 Å². The fourth-order valence-corrected chi connectivity index (χ4v) is 5.59. The first-order valence-corrected chi connectivity index (χ1v) is 13.1. The molecule has 5 nitrogen and oxygen atoms in total. The van der Waals surface area contributed by atoms with Crippen LogP contribution in [0.5, 0.6) is 5.75 Å².